The Morgan fingerprint density at radius 2 is 1.35 bits per heavy atom. The number of carboxylic acids is 2. The highest BCUT2D eigenvalue weighted by Gasteiger charge is 2.22. The molecule has 0 aliphatic heterocycles. The molecule has 0 aromatic carbocycles. The number of halogens is 2. The first kappa shape index (κ1) is 14.4. The van der Waals surface area contributed by atoms with Crippen LogP contribution in [-0.4, -0.2) is 27.1 Å². The van der Waals surface area contributed by atoms with Crippen LogP contribution >= 0.6 is 45.2 Å². The molecule has 0 spiro atoms. The maximum absolute atomic E-state index is 11.9. The second-order valence-corrected chi connectivity index (χ2v) is 4.56. The molecular formula is C9H7I2NO5. The van der Waals surface area contributed by atoms with Crippen LogP contribution in [0.1, 0.15) is 32.1 Å². The fourth-order valence-corrected chi connectivity index (χ4v) is 2.76. The SMILES string of the molecule is O=C(O)c1[nH]c(C(=O)O)c(CI)c(=O)c1CI. The molecule has 0 saturated heterocycles. The Labute approximate surface area is 123 Å². The molecule has 0 radical (unpaired) electrons. The lowest BCUT2D eigenvalue weighted by Gasteiger charge is -2.08. The molecule has 0 bridgehead atoms. The van der Waals surface area contributed by atoms with Crippen molar-refractivity contribution in [3.05, 3.63) is 32.7 Å². The van der Waals surface area contributed by atoms with Gasteiger partial charge in [0.2, 0.25) is 0 Å². The molecular weight excluding hydrogens is 456 g/mol. The molecule has 3 N–H and O–H groups in total. The zero-order valence-corrected chi connectivity index (χ0v) is 12.6. The van der Waals surface area contributed by atoms with Crippen molar-refractivity contribution in [1.29, 1.82) is 0 Å². The van der Waals surface area contributed by atoms with E-state index in [9.17, 15) is 14.4 Å². The Kier molecular flexibility index (Phi) is 4.91. The Hall–Kier alpha value is -0.650. The van der Waals surface area contributed by atoms with Crippen molar-refractivity contribution in [1.82, 2.24) is 4.98 Å². The maximum Gasteiger partial charge on any atom is 0.352 e. The molecule has 1 rings (SSSR count). The molecule has 0 unspecified atom stereocenters. The second-order valence-electron chi connectivity index (χ2n) is 3.04. The number of carbonyl (C=O) groups is 2. The largest absolute Gasteiger partial charge is 0.477 e. The van der Waals surface area contributed by atoms with E-state index in [1.807, 2.05) is 45.2 Å². The van der Waals surface area contributed by atoms with Crippen LogP contribution < -0.4 is 5.43 Å². The average Bonchev–Trinajstić information content (AvgIpc) is 2.27. The van der Waals surface area contributed by atoms with Crippen molar-refractivity contribution in [2.24, 2.45) is 0 Å². The van der Waals surface area contributed by atoms with Crippen molar-refractivity contribution in [3.8, 4) is 0 Å². The highest BCUT2D eigenvalue weighted by Crippen LogP contribution is 2.14. The highest BCUT2D eigenvalue weighted by molar-refractivity contribution is 14.1. The van der Waals surface area contributed by atoms with E-state index in [0.717, 1.165) is 0 Å². The molecule has 0 fully saturated rings. The summed E-state index contributed by atoms with van der Waals surface area (Å²) in [4.78, 5) is 36.1. The summed E-state index contributed by atoms with van der Waals surface area (Å²) in [7, 11) is 0. The zero-order chi connectivity index (χ0) is 13.2. The second kappa shape index (κ2) is 5.80. The zero-order valence-electron chi connectivity index (χ0n) is 8.29. The lowest BCUT2D eigenvalue weighted by Crippen LogP contribution is -2.24. The van der Waals surface area contributed by atoms with E-state index in [0.29, 0.717) is 0 Å². The predicted octanol–water partition coefficient (Wildman–Crippen LogP) is 1.64. The number of hydrogen-bond donors (Lipinski definition) is 3. The van der Waals surface area contributed by atoms with Crippen LogP contribution in [0.3, 0.4) is 0 Å². The number of aromatic carboxylic acids is 2. The van der Waals surface area contributed by atoms with Gasteiger partial charge in [-0.15, -0.1) is 0 Å². The fourth-order valence-electron chi connectivity index (χ4n) is 1.31. The summed E-state index contributed by atoms with van der Waals surface area (Å²) >= 11 is 3.73. The molecule has 0 aliphatic carbocycles. The first-order valence-electron chi connectivity index (χ1n) is 4.30. The lowest BCUT2D eigenvalue weighted by molar-refractivity contribution is 0.0683. The van der Waals surface area contributed by atoms with Crippen molar-refractivity contribution in [3.63, 3.8) is 0 Å². The number of pyridine rings is 1. The van der Waals surface area contributed by atoms with Crippen LogP contribution in [0.25, 0.3) is 0 Å². The van der Waals surface area contributed by atoms with Gasteiger partial charge in [0.15, 0.2) is 5.43 Å². The highest BCUT2D eigenvalue weighted by atomic mass is 127. The molecule has 1 aromatic rings. The van der Waals surface area contributed by atoms with Gasteiger partial charge in [0.1, 0.15) is 11.4 Å². The van der Waals surface area contributed by atoms with E-state index in [4.69, 9.17) is 10.2 Å². The van der Waals surface area contributed by atoms with Crippen LogP contribution in [0.5, 0.6) is 0 Å². The van der Waals surface area contributed by atoms with Crippen LogP contribution in [0.4, 0.5) is 0 Å². The van der Waals surface area contributed by atoms with E-state index in [1.54, 1.807) is 0 Å². The van der Waals surface area contributed by atoms with Gasteiger partial charge >= 0.3 is 11.9 Å². The standard InChI is InChI=1S/C9H7I2NO5/c10-1-3-5(8(14)15)12-6(9(16)17)4(2-11)7(3)13/h1-2H2,(H,12,13)(H,14,15)(H,16,17). The molecule has 1 heterocycles. The number of aromatic nitrogens is 1. The Balaban J connectivity index is 3.73. The molecule has 0 aliphatic rings. The van der Waals surface area contributed by atoms with Gasteiger partial charge in [0.05, 0.1) is 0 Å². The average molecular weight is 463 g/mol. The first-order chi connectivity index (χ1) is 7.93. The number of aromatic amines is 1. The van der Waals surface area contributed by atoms with E-state index in [-0.39, 0.29) is 31.4 Å². The van der Waals surface area contributed by atoms with Gasteiger partial charge in [-0.05, 0) is 0 Å². The maximum atomic E-state index is 11.9. The number of H-pyrrole nitrogens is 1. The third-order valence-corrected chi connectivity index (χ3v) is 3.62. The van der Waals surface area contributed by atoms with E-state index in [1.165, 1.54) is 0 Å². The summed E-state index contributed by atoms with van der Waals surface area (Å²) in [6, 6.07) is 0. The number of alkyl halides is 2. The molecule has 1 aromatic heterocycles. The first-order valence-corrected chi connectivity index (χ1v) is 7.35. The van der Waals surface area contributed by atoms with Crippen molar-refractivity contribution in [2.45, 2.75) is 8.86 Å². The van der Waals surface area contributed by atoms with Gasteiger partial charge < -0.3 is 15.2 Å². The topological polar surface area (TPSA) is 107 Å². The van der Waals surface area contributed by atoms with Crippen molar-refractivity contribution >= 4 is 57.1 Å². The molecule has 0 atom stereocenters. The molecule has 17 heavy (non-hydrogen) atoms. The number of carboxylic acid groups (broad SMARTS) is 2. The Bertz CT molecular complexity index is 494. The van der Waals surface area contributed by atoms with Crippen LogP contribution in [0.2, 0.25) is 0 Å². The number of rotatable bonds is 4. The number of hydrogen-bond acceptors (Lipinski definition) is 3. The van der Waals surface area contributed by atoms with Gasteiger partial charge in [0, 0.05) is 20.0 Å². The summed E-state index contributed by atoms with van der Waals surface area (Å²) in [5.74, 6) is -2.67. The quantitative estimate of drug-likeness (QED) is 0.465. The fraction of sp³-hybridized carbons (Fsp3) is 0.222. The minimum atomic E-state index is -1.34. The van der Waals surface area contributed by atoms with E-state index >= 15 is 0 Å². The Morgan fingerprint density at radius 3 is 1.59 bits per heavy atom. The number of nitrogens with one attached hydrogen (secondary N) is 1. The van der Waals surface area contributed by atoms with Crippen molar-refractivity contribution in [2.75, 3.05) is 0 Å². The summed E-state index contributed by atoms with van der Waals surface area (Å²) < 4.78 is 0.413. The van der Waals surface area contributed by atoms with Gasteiger partial charge in [-0.25, -0.2) is 9.59 Å². The molecule has 0 saturated carbocycles. The molecule has 92 valence electrons. The van der Waals surface area contributed by atoms with Gasteiger partial charge in [-0.1, -0.05) is 45.2 Å². The summed E-state index contributed by atoms with van der Waals surface area (Å²) in [6.07, 6.45) is 0. The minimum absolute atomic E-state index is 0.0924. The molecule has 6 nitrogen and oxygen atoms in total. The van der Waals surface area contributed by atoms with E-state index in [2.05, 4.69) is 4.98 Å². The van der Waals surface area contributed by atoms with Gasteiger partial charge in [-0.2, -0.15) is 0 Å². The summed E-state index contributed by atoms with van der Waals surface area (Å²) in [6.45, 7) is 0. The van der Waals surface area contributed by atoms with Crippen LogP contribution in [-0.2, 0) is 8.86 Å². The monoisotopic (exact) mass is 463 g/mol. The predicted molar refractivity (Wildman–Crippen MR) is 76.4 cm³/mol. The van der Waals surface area contributed by atoms with E-state index < -0.39 is 17.4 Å². The van der Waals surface area contributed by atoms with Gasteiger partial charge in [0.25, 0.3) is 0 Å². The lowest BCUT2D eigenvalue weighted by atomic mass is 10.1. The minimum Gasteiger partial charge on any atom is -0.477 e. The van der Waals surface area contributed by atoms with Crippen LogP contribution in [0.15, 0.2) is 4.79 Å². The van der Waals surface area contributed by atoms with Crippen LogP contribution in [0, 0.1) is 0 Å². The third kappa shape index (κ3) is 2.78. The summed E-state index contributed by atoms with van der Waals surface area (Å²) in [5.41, 5.74) is -1.03. The molecule has 8 heteroatoms. The van der Waals surface area contributed by atoms with Gasteiger partial charge in [-0.3, -0.25) is 4.79 Å². The molecule has 0 amide bonds. The van der Waals surface area contributed by atoms with Crippen molar-refractivity contribution < 1.29 is 19.8 Å². The normalized spacial score (nSPS) is 10.2. The Morgan fingerprint density at radius 1 is 1.00 bits per heavy atom. The summed E-state index contributed by atoms with van der Waals surface area (Å²) in [5, 5.41) is 17.8. The third-order valence-electron chi connectivity index (χ3n) is 2.10. The smallest absolute Gasteiger partial charge is 0.352 e.